The minimum Gasteiger partial charge on any atom is -0.497 e. The summed E-state index contributed by atoms with van der Waals surface area (Å²) in [6.45, 7) is 12.2. The summed E-state index contributed by atoms with van der Waals surface area (Å²) in [6, 6.07) is 18.4. The molecule has 2 aromatic rings. The van der Waals surface area contributed by atoms with Crippen LogP contribution in [0.2, 0.25) is 0 Å². The molecule has 118 valence electrons. The Bertz CT molecular complexity index is 404. The van der Waals surface area contributed by atoms with Gasteiger partial charge >= 0.3 is 0 Å². The molecule has 0 atom stereocenters. The van der Waals surface area contributed by atoms with Gasteiger partial charge in [-0.2, -0.15) is 0 Å². The summed E-state index contributed by atoms with van der Waals surface area (Å²) in [5.74, 6) is 0.917. The molecule has 0 aliphatic heterocycles. The fourth-order valence-corrected chi connectivity index (χ4v) is 1.39. The third kappa shape index (κ3) is 11.7. The van der Waals surface area contributed by atoms with Crippen LogP contribution in [-0.4, -0.2) is 7.11 Å². The van der Waals surface area contributed by atoms with Gasteiger partial charge in [-0.25, -0.2) is 0 Å². The fraction of sp³-hybridized carbons (Fsp3) is 0.400. The molecule has 0 aromatic heterocycles. The average Bonchev–Trinajstić information content (AvgIpc) is 2.60. The molecule has 1 nitrogen and oxygen atoms in total. The Kier molecular flexibility index (Phi) is 16.7. The SMILES string of the molecule is CC.CC.CCc1ccccc1.COc1ccc(C)cc1. The van der Waals surface area contributed by atoms with Crippen LogP contribution in [0.25, 0.3) is 0 Å². The number of aryl methyl sites for hydroxylation is 2. The monoisotopic (exact) mass is 288 g/mol. The molecule has 0 bridgehead atoms. The van der Waals surface area contributed by atoms with Gasteiger partial charge in [0.15, 0.2) is 0 Å². The van der Waals surface area contributed by atoms with E-state index in [1.807, 2.05) is 58.0 Å². The predicted octanol–water partition coefficient (Wildman–Crippen LogP) is 6.31. The normalized spacial score (nSPS) is 7.95. The maximum atomic E-state index is 4.97. The van der Waals surface area contributed by atoms with Crippen LogP contribution in [0.5, 0.6) is 5.75 Å². The molecule has 0 fully saturated rings. The van der Waals surface area contributed by atoms with Crippen molar-refractivity contribution >= 4 is 0 Å². The molecule has 2 aromatic carbocycles. The van der Waals surface area contributed by atoms with Crippen molar-refractivity contribution in [3.8, 4) is 5.75 Å². The van der Waals surface area contributed by atoms with E-state index in [2.05, 4.69) is 38.1 Å². The second kappa shape index (κ2) is 16.3. The van der Waals surface area contributed by atoms with Gasteiger partial charge in [-0.15, -0.1) is 0 Å². The molecule has 0 heterocycles. The van der Waals surface area contributed by atoms with E-state index in [0.29, 0.717) is 0 Å². The highest BCUT2D eigenvalue weighted by atomic mass is 16.5. The van der Waals surface area contributed by atoms with Crippen molar-refractivity contribution in [3.63, 3.8) is 0 Å². The number of hydrogen-bond acceptors (Lipinski definition) is 1. The number of benzene rings is 2. The summed E-state index contributed by atoms with van der Waals surface area (Å²) < 4.78 is 4.97. The van der Waals surface area contributed by atoms with E-state index >= 15 is 0 Å². The zero-order valence-corrected chi connectivity index (χ0v) is 14.8. The van der Waals surface area contributed by atoms with E-state index in [0.717, 1.165) is 12.2 Å². The molecule has 0 aliphatic rings. The van der Waals surface area contributed by atoms with E-state index in [1.54, 1.807) is 7.11 Å². The highest BCUT2D eigenvalue weighted by Gasteiger charge is 1.85. The van der Waals surface area contributed by atoms with E-state index in [4.69, 9.17) is 4.74 Å². The summed E-state index contributed by atoms with van der Waals surface area (Å²) in [4.78, 5) is 0. The molecule has 0 radical (unpaired) electrons. The van der Waals surface area contributed by atoms with Gasteiger partial charge in [-0.1, -0.05) is 82.6 Å². The van der Waals surface area contributed by atoms with Crippen LogP contribution in [0.15, 0.2) is 54.6 Å². The third-order valence-electron chi connectivity index (χ3n) is 2.51. The van der Waals surface area contributed by atoms with E-state index in [-0.39, 0.29) is 0 Å². The summed E-state index contributed by atoms with van der Waals surface area (Å²) in [7, 11) is 1.67. The molecule has 0 saturated carbocycles. The van der Waals surface area contributed by atoms with Crippen molar-refractivity contribution in [2.45, 2.75) is 48.0 Å². The van der Waals surface area contributed by atoms with Crippen LogP contribution in [0.4, 0.5) is 0 Å². The summed E-state index contributed by atoms with van der Waals surface area (Å²) in [6.07, 6.45) is 1.14. The Hall–Kier alpha value is -1.76. The zero-order chi connectivity index (χ0) is 16.5. The first-order valence-electron chi connectivity index (χ1n) is 7.91. The molecule has 0 aliphatic carbocycles. The van der Waals surface area contributed by atoms with E-state index in [1.165, 1.54) is 11.1 Å². The van der Waals surface area contributed by atoms with Crippen LogP contribution in [-0.2, 0) is 6.42 Å². The third-order valence-corrected chi connectivity index (χ3v) is 2.51. The molecular formula is C20H32O. The minimum atomic E-state index is 0.917. The van der Waals surface area contributed by atoms with Gasteiger partial charge < -0.3 is 4.74 Å². The standard InChI is InChI=1S/C8H10O.C8H10.2C2H6/c1-7-3-5-8(9-2)6-4-7;1-2-8-6-4-3-5-7-8;2*1-2/h3-6H,1-2H3;3-7H,2H2,1H3;2*1-2H3. The second-order valence-corrected chi connectivity index (χ2v) is 3.86. The van der Waals surface area contributed by atoms with Gasteiger partial charge in [0.2, 0.25) is 0 Å². The number of ether oxygens (including phenoxy) is 1. The van der Waals surface area contributed by atoms with Gasteiger partial charge in [0.1, 0.15) is 5.75 Å². The van der Waals surface area contributed by atoms with Gasteiger partial charge in [-0.05, 0) is 31.0 Å². The van der Waals surface area contributed by atoms with Crippen LogP contribution in [0, 0.1) is 6.92 Å². The van der Waals surface area contributed by atoms with Gasteiger partial charge in [-0.3, -0.25) is 0 Å². The van der Waals surface area contributed by atoms with Gasteiger partial charge in [0.05, 0.1) is 7.11 Å². The van der Waals surface area contributed by atoms with Crippen molar-refractivity contribution in [1.82, 2.24) is 0 Å². The fourth-order valence-electron chi connectivity index (χ4n) is 1.39. The second-order valence-electron chi connectivity index (χ2n) is 3.86. The molecule has 0 unspecified atom stereocenters. The molecule has 0 amide bonds. The van der Waals surface area contributed by atoms with E-state index < -0.39 is 0 Å². The molecule has 0 saturated heterocycles. The lowest BCUT2D eigenvalue weighted by Gasteiger charge is -1.97. The first-order valence-corrected chi connectivity index (χ1v) is 7.91. The van der Waals surface area contributed by atoms with Crippen molar-refractivity contribution in [1.29, 1.82) is 0 Å². The highest BCUT2D eigenvalue weighted by molar-refractivity contribution is 5.25. The van der Waals surface area contributed by atoms with E-state index in [9.17, 15) is 0 Å². The first kappa shape index (κ1) is 21.5. The van der Waals surface area contributed by atoms with Gasteiger partial charge in [0.25, 0.3) is 0 Å². The van der Waals surface area contributed by atoms with Crippen LogP contribution < -0.4 is 4.74 Å². The molecule has 21 heavy (non-hydrogen) atoms. The first-order chi connectivity index (χ1) is 10.3. The topological polar surface area (TPSA) is 9.23 Å². The number of rotatable bonds is 2. The summed E-state index contributed by atoms with van der Waals surface area (Å²) >= 11 is 0. The number of hydrogen-bond donors (Lipinski definition) is 0. The quantitative estimate of drug-likeness (QED) is 0.629. The minimum absolute atomic E-state index is 0.917. The molecule has 2 rings (SSSR count). The molecule has 0 spiro atoms. The lowest BCUT2D eigenvalue weighted by atomic mass is 10.2. The Morgan fingerprint density at radius 1 is 0.762 bits per heavy atom. The van der Waals surface area contributed by atoms with Crippen molar-refractivity contribution in [2.24, 2.45) is 0 Å². The maximum Gasteiger partial charge on any atom is 0.118 e. The number of methoxy groups -OCH3 is 1. The Balaban J connectivity index is 0. The maximum absolute atomic E-state index is 4.97. The Morgan fingerprint density at radius 2 is 1.24 bits per heavy atom. The Morgan fingerprint density at radius 3 is 1.57 bits per heavy atom. The smallest absolute Gasteiger partial charge is 0.118 e. The predicted molar refractivity (Wildman–Crippen MR) is 96.2 cm³/mol. The molecule has 1 heteroatoms. The van der Waals surface area contributed by atoms with Crippen molar-refractivity contribution < 1.29 is 4.74 Å². The zero-order valence-electron chi connectivity index (χ0n) is 14.8. The largest absolute Gasteiger partial charge is 0.497 e. The summed E-state index contributed by atoms with van der Waals surface area (Å²) in [5.41, 5.74) is 2.67. The van der Waals surface area contributed by atoms with Crippen molar-refractivity contribution in [2.75, 3.05) is 7.11 Å². The lowest BCUT2D eigenvalue weighted by Crippen LogP contribution is -1.80. The molecule has 0 N–H and O–H groups in total. The van der Waals surface area contributed by atoms with Crippen LogP contribution in [0.3, 0.4) is 0 Å². The van der Waals surface area contributed by atoms with Crippen LogP contribution >= 0.6 is 0 Å². The van der Waals surface area contributed by atoms with Gasteiger partial charge in [0, 0.05) is 0 Å². The average molecular weight is 288 g/mol. The van der Waals surface area contributed by atoms with Crippen molar-refractivity contribution in [3.05, 3.63) is 65.7 Å². The lowest BCUT2D eigenvalue weighted by molar-refractivity contribution is 0.414. The highest BCUT2D eigenvalue weighted by Crippen LogP contribution is 2.09. The molecular weight excluding hydrogens is 256 g/mol. The van der Waals surface area contributed by atoms with Crippen LogP contribution in [0.1, 0.15) is 45.7 Å². The summed E-state index contributed by atoms with van der Waals surface area (Å²) in [5, 5.41) is 0. The Labute approximate surface area is 132 Å².